The molecule has 2 atom stereocenters. The number of anilines is 2. The Bertz CT molecular complexity index is 760. The van der Waals surface area contributed by atoms with E-state index in [1.54, 1.807) is 0 Å². The van der Waals surface area contributed by atoms with E-state index in [9.17, 15) is 19.6 Å². The maximum Gasteiger partial charge on any atom is 0.243 e. The lowest BCUT2D eigenvalue weighted by atomic mass is 9.85. The summed E-state index contributed by atoms with van der Waals surface area (Å²) in [5, 5.41) is 18.7. The van der Waals surface area contributed by atoms with E-state index < -0.39 is 28.8 Å². The molecule has 8 nitrogen and oxygen atoms in total. The third kappa shape index (κ3) is 5.49. The number of amides is 2. The highest BCUT2D eigenvalue weighted by molar-refractivity contribution is 7.71. The topological polar surface area (TPSA) is 111 Å². The summed E-state index contributed by atoms with van der Waals surface area (Å²) < 4.78 is 0.0177. The highest BCUT2D eigenvalue weighted by Crippen LogP contribution is 2.27. The van der Waals surface area contributed by atoms with E-state index >= 15 is 0 Å². The first kappa shape index (κ1) is 23.0. The molecule has 1 aromatic rings. The van der Waals surface area contributed by atoms with Crippen molar-refractivity contribution in [1.82, 2.24) is 10.6 Å². The summed E-state index contributed by atoms with van der Waals surface area (Å²) in [6.07, 6.45) is 0.433. The van der Waals surface area contributed by atoms with E-state index in [-0.39, 0.29) is 27.7 Å². The Morgan fingerprint density at radius 1 is 1.22 bits per heavy atom. The number of hydrogen-bond donors (Lipinski definition) is 4. The predicted octanol–water partition coefficient (Wildman–Crippen LogP) is 1.58. The summed E-state index contributed by atoms with van der Waals surface area (Å²) in [5.74, 6) is -0.542. The molecule has 0 fully saturated rings. The van der Waals surface area contributed by atoms with Crippen LogP contribution in [0.25, 0.3) is 0 Å². The maximum atomic E-state index is 12.9. The number of rotatable bonds is 8. The number of nitrogens with zero attached hydrogens (tertiary/aromatic N) is 1. The highest BCUT2D eigenvalue weighted by atomic mass is 32.1. The van der Waals surface area contributed by atoms with E-state index in [0.717, 1.165) is 5.06 Å². The summed E-state index contributed by atoms with van der Waals surface area (Å²) in [4.78, 5) is 37.2. The Hall–Kier alpha value is -2.00. The molecule has 0 aromatic heterocycles. The molecule has 1 rings (SSSR count). The van der Waals surface area contributed by atoms with Crippen molar-refractivity contribution >= 4 is 35.4 Å². The number of carbonyl (C=O) groups is 2. The maximum absolute atomic E-state index is 12.9. The molecule has 0 aliphatic rings. The molecule has 152 valence electrons. The first-order valence-electron chi connectivity index (χ1n) is 8.85. The van der Waals surface area contributed by atoms with Crippen molar-refractivity contribution in [3.8, 4) is 0 Å². The van der Waals surface area contributed by atoms with Crippen LogP contribution in [0.3, 0.4) is 0 Å². The molecule has 0 saturated carbocycles. The summed E-state index contributed by atoms with van der Waals surface area (Å²) >= 11 is 4.95. The van der Waals surface area contributed by atoms with E-state index in [2.05, 4.69) is 16.0 Å². The first-order chi connectivity index (χ1) is 12.3. The van der Waals surface area contributed by atoms with Gasteiger partial charge < -0.3 is 16.0 Å². The molecular weight excluding hydrogens is 368 g/mol. The number of likely N-dealkylation sites (N-methyl/N-ethyl adjacent to an activating group) is 1. The molecule has 1 aromatic carbocycles. The van der Waals surface area contributed by atoms with Crippen LogP contribution >= 0.6 is 12.2 Å². The van der Waals surface area contributed by atoms with Crippen LogP contribution in [0.15, 0.2) is 4.79 Å². The van der Waals surface area contributed by atoms with Crippen LogP contribution in [-0.4, -0.2) is 43.2 Å². The second kappa shape index (κ2) is 8.79. The second-order valence-electron chi connectivity index (χ2n) is 8.15. The van der Waals surface area contributed by atoms with Crippen LogP contribution in [0, 0.1) is 15.8 Å². The molecule has 4 N–H and O–H groups in total. The van der Waals surface area contributed by atoms with Gasteiger partial charge in [0.2, 0.25) is 17.2 Å². The molecule has 2 amide bonds. The van der Waals surface area contributed by atoms with Gasteiger partial charge in [0.15, 0.2) is 0 Å². The molecule has 27 heavy (non-hydrogen) atoms. The number of hydroxylamine groups is 1. The zero-order valence-corrected chi connectivity index (χ0v) is 17.8. The summed E-state index contributed by atoms with van der Waals surface area (Å²) in [6, 6.07) is -1.49. The molecule has 0 spiro atoms. The van der Waals surface area contributed by atoms with E-state index in [4.69, 9.17) is 12.2 Å². The normalized spacial score (nSPS) is 14.0. The predicted molar refractivity (Wildman–Crippen MR) is 108 cm³/mol. The van der Waals surface area contributed by atoms with Gasteiger partial charge in [0.25, 0.3) is 0 Å². The molecule has 0 bridgehead atoms. The molecule has 0 heterocycles. The van der Waals surface area contributed by atoms with Gasteiger partial charge in [-0.25, -0.2) is 0 Å². The smallest absolute Gasteiger partial charge is 0.243 e. The Balaban J connectivity index is 3.12. The van der Waals surface area contributed by atoms with Gasteiger partial charge in [-0.3, -0.25) is 24.7 Å². The number of hydrogen-bond acceptors (Lipinski definition) is 7. The fraction of sp³-hybridized carbons (Fsp3) is 0.667. The zero-order chi connectivity index (χ0) is 21.1. The lowest BCUT2D eigenvalue weighted by Gasteiger charge is -2.32. The first-order valence-corrected chi connectivity index (χ1v) is 9.26. The van der Waals surface area contributed by atoms with Crippen molar-refractivity contribution in [2.24, 2.45) is 11.3 Å². The minimum atomic E-state index is -0.753. The van der Waals surface area contributed by atoms with Crippen LogP contribution < -0.4 is 26.4 Å². The largest absolute Gasteiger partial charge is 0.369 e. The van der Waals surface area contributed by atoms with Crippen LogP contribution in [-0.2, 0) is 9.59 Å². The minimum Gasteiger partial charge on any atom is -0.369 e. The van der Waals surface area contributed by atoms with Gasteiger partial charge in [-0.05, 0) is 17.8 Å². The van der Waals surface area contributed by atoms with Gasteiger partial charge in [-0.2, -0.15) is 0 Å². The standard InChI is InChI=1S/C18H30N4O4S/c1-9(2)8-10(20-11-12(22(7)26)14(27)13(11)23)16(24)21-15(17(25)19-6)18(3,4)5/h9-10,15,20,26H,8H2,1-7H3,(H,19,25)(H,21,24)/t10-,15+/m0/s1. The summed E-state index contributed by atoms with van der Waals surface area (Å²) in [6.45, 7) is 9.46. The van der Waals surface area contributed by atoms with Crippen molar-refractivity contribution in [2.75, 3.05) is 24.5 Å². The zero-order valence-electron chi connectivity index (χ0n) is 17.0. The third-order valence-corrected chi connectivity index (χ3v) is 4.59. The average Bonchev–Trinajstić information content (AvgIpc) is 2.55. The van der Waals surface area contributed by atoms with Crippen LogP contribution in [0.5, 0.6) is 0 Å². The van der Waals surface area contributed by atoms with Gasteiger partial charge in [-0.15, -0.1) is 0 Å². The highest BCUT2D eigenvalue weighted by Gasteiger charge is 2.35. The average molecular weight is 399 g/mol. The lowest BCUT2D eigenvalue weighted by molar-refractivity contribution is -0.131. The third-order valence-electron chi connectivity index (χ3n) is 4.21. The van der Waals surface area contributed by atoms with Gasteiger partial charge in [0.1, 0.15) is 28.0 Å². The minimum absolute atomic E-state index is 0.0177. The summed E-state index contributed by atoms with van der Waals surface area (Å²) in [5.41, 5.74) is -0.615. The van der Waals surface area contributed by atoms with Crippen molar-refractivity contribution in [3.63, 3.8) is 0 Å². The van der Waals surface area contributed by atoms with E-state index in [1.807, 2.05) is 34.6 Å². The lowest BCUT2D eigenvalue weighted by Crippen LogP contribution is -2.56. The SMILES string of the molecule is CNC(=O)[C@@H](NC(=O)[C@H](CC(C)C)Nc1c(N(C)O)c(=S)c1=O)C(C)(C)C. The Morgan fingerprint density at radius 3 is 2.19 bits per heavy atom. The van der Waals surface area contributed by atoms with Crippen LogP contribution in [0.2, 0.25) is 0 Å². The molecule has 0 aliphatic heterocycles. The van der Waals surface area contributed by atoms with Crippen molar-refractivity contribution < 1.29 is 14.8 Å². The number of carbonyl (C=O) groups excluding carboxylic acids is 2. The molecule has 0 saturated heterocycles. The Labute approximate surface area is 165 Å². The molecule has 0 radical (unpaired) electrons. The number of nitrogens with one attached hydrogen (secondary N) is 3. The Kier molecular flexibility index (Phi) is 7.50. The molecule has 0 aliphatic carbocycles. The van der Waals surface area contributed by atoms with Gasteiger partial charge in [0.05, 0.1) is 0 Å². The molecule has 9 heteroatoms. The van der Waals surface area contributed by atoms with Gasteiger partial charge >= 0.3 is 0 Å². The van der Waals surface area contributed by atoms with Crippen molar-refractivity contribution in [3.05, 3.63) is 14.7 Å². The van der Waals surface area contributed by atoms with Gasteiger partial charge in [-0.1, -0.05) is 46.8 Å². The summed E-state index contributed by atoms with van der Waals surface area (Å²) in [7, 11) is 2.87. The van der Waals surface area contributed by atoms with Crippen LogP contribution in [0.4, 0.5) is 11.4 Å². The second-order valence-corrected chi connectivity index (χ2v) is 8.56. The quantitative estimate of drug-likeness (QED) is 0.389. The van der Waals surface area contributed by atoms with Crippen molar-refractivity contribution in [1.29, 1.82) is 0 Å². The van der Waals surface area contributed by atoms with E-state index in [1.165, 1.54) is 14.1 Å². The Morgan fingerprint density at radius 2 is 1.78 bits per heavy atom. The van der Waals surface area contributed by atoms with Crippen LogP contribution in [0.1, 0.15) is 41.0 Å². The molecule has 0 unspecified atom stereocenters. The fourth-order valence-electron chi connectivity index (χ4n) is 2.76. The molecular formula is C18H30N4O4S. The fourth-order valence-corrected chi connectivity index (χ4v) is 3.10. The van der Waals surface area contributed by atoms with Gasteiger partial charge in [0, 0.05) is 14.1 Å². The van der Waals surface area contributed by atoms with Crippen molar-refractivity contribution in [2.45, 2.75) is 53.1 Å². The van der Waals surface area contributed by atoms with E-state index in [0.29, 0.717) is 6.42 Å². The monoisotopic (exact) mass is 398 g/mol.